The molecule has 0 fully saturated rings. The van der Waals surface area contributed by atoms with Gasteiger partial charge < -0.3 is 10.2 Å². The third kappa shape index (κ3) is 5.23. The van der Waals surface area contributed by atoms with Crippen LogP contribution in [0.2, 0.25) is 0 Å². The van der Waals surface area contributed by atoms with Gasteiger partial charge in [0.05, 0.1) is 6.61 Å². The van der Waals surface area contributed by atoms with E-state index in [0.717, 1.165) is 22.3 Å². The first-order chi connectivity index (χ1) is 14.5. The van der Waals surface area contributed by atoms with Gasteiger partial charge in [0.25, 0.3) is 0 Å². The predicted octanol–water partition coefficient (Wildman–Crippen LogP) is 4.68. The van der Waals surface area contributed by atoms with E-state index in [-0.39, 0.29) is 0 Å². The smallest absolute Gasteiger partial charge is 0.323 e. The van der Waals surface area contributed by atoms with Gasteiger partial charge in [-0.05, 0) is 52.8 Å². The summed E-state index contributed by atoms with van der Waals surface area (Å²) in [5.74, 6) is -1.06. The molecule has 0 spiro atoms. The van der Waals surface area contributed by atoms with Crippen molar-refractivity contribution in [1.29, 1.82) is 0 Å². The summed E-state index contributed by atoms with van der Waals surface area (Å²) in [4.78, 5) is 11.1. The van der Waals surface area contributed by atoms with Crippen molar-refractivity contribution in [3.05, 3.63) is 94.5 Å². The molecule has 1 unspecified atom stereocenters. The monoisotopic (exact) mass is 401 g/mol. The zero-order valence-corrected chi connectivity index (χ0v) is 17.3. The lowest BCUT2D eigenvalue weighted by molar-refractivity contribution is -0.140. The Hall–Kier alpha value is -3.21. The highest BCUT2D eigenvalue weighted by molar-refractivity contribution is 5.78. The largest absolute Gasteiger partial charge is 0.480 e. The van der Waals surface area contributed by atoms with Crippen LogP contribution in [0.25, 0.3) is 23.3 Å². The van der Waals surface area contributed by atoms with Crippen LogP contribution < -0.4 is 5.32 Å². The van der Waals surface area contributed by atoms with Crippen LogP contribution in [-0.2, 0) is 11.3 Å². The average Bonchev–Trinajstić information content (AvgIpc) is 2.75. The van der Waals surface area contributed by atoms with Gasteiger partial charge in [0.2, 0.25) is 0 Å². The van der Waals surface area contributed by atoms with Crippen molar-refractivity contribution in [1.82, 2.24) is 5.32 Å². The van der Waals surface area contributed by atoms with Crippen molar-refractivity contribution in [2.45, 2.75) is 26.4 Å². The first-order valence-corrected chi connectivity index (χ1v) is 9.99. The summed E-state index contributed by atoms with van der Waals surface area (Å²) in [7, 11) is 0. The molecule has 0 heterocycles. The number of aliphatic hydroxyl groups is 1. The van der Waals surface area contributed by atoms with Gasteiger partial charge in [-0.25, -0.2) is 0 Å². The van der Waals surface area contributed by atoms with Crippen LogP contribution in [0.4, 0.5) is 0 Å². The molecule has 0 aliphatic heterocycles. The highest BCUT2D eigenvalue weighted by Gasteiger charge is 2.14. The molecule has 3 N–H and O–H groups in total. The van der Waals surface area contributed by atoms with E-state index >= 15 is 0 Å². The number of carbonyl (C=O) groups is 1. The number of aliphatic hydroxyl groups excluding tert-OH is 1. The minimum Gasteiger partial charge on any atom is -0.480 e. The summed E-state index contributed by atoms with van der Waals surface area (Å²) in [6, 6.07) is 21.8. The summed E-state index contributed by atoms with van der Waals surface area (Å²) in [5.41, 5.74) is 7.99. The predicted molar refractivity (Wildman–Crippen MR) is 122 cm³/mol. The lowest BCUT2D eigenvalue weighted by atomic mass is 9.95. The van der Waals surface area contributed by atoms with Crippen molar-refractivity contribution in [3.63, 3.8) is 0 Å². The number of carboxylic acids is 1. The van der Waals surface area contributed by atoms with Crippen LogP contribution >= 0.6 is 0 Å². The molecule has 4 heteroatoms. The van der Waals surface area contributed by atoms with E-state index in [1.165, 1.54) is 16.7 Å². The Kier molecular flexibility index (Phi) is 7.17. The molecule has 30 heavy (non-hydrogen) atoms. The van der Waals surface area contributed by atoms with Gasteiger partial charge in [-0.1, -0.05) is 78.9 Å². The van der Waals surface area contributed by atoms with Gasteiger partial charge in [0, 0.05) is 6.54 Å². The van der Waals surface area contributed by atoms with E-state index < -0.39 is 18.6 Å². The Bertz CT molecular complexity index is 1040. The SMILES string of the molecule is Cc1ccc(CNC(CO)C(=O)O)cc1/C=C/c1cccc(-c2ccccc2)c1C. The summed E-state index contributed by atoms with van der Waals surface area (Å²) in [5, 5.41) is 21.1. The zero-order valence-electron chi connectivity index (χ0n) is 17.3. The van der Waals surface area contributed by atoms with E-state index in [0.29, 0.717) is 6.54 Å². The number of aryl methyl sites for hydroxylation is 1. The van der Waals surface area contributed by atoms with Crippen LogP contribution in [-0.4, -0.2) is 28.8 Å². The van der Waals surface area contributed by atoms with E-state index in [9.17, 15) is 4.79 Å². The second-order valence-corrected chi connectivity index (χ2v) is 7.36. The molecule has 0 saturated carbocycles. The van der Waals surface area contributed by atoms with Crippen molar-refractivity contribution in [3.8, 4) is 11.1 Å². The van der Waals surface area contributed by atoms with Crippen LogP contribution in [0.3, 0.4) is 0 Å². The Morgan fingerprint density at radius 3 is 2.40 bits per heavy atom. The minimum absolute atomic E-state index is 0.376. The van der Waals surface area contributed by atoms with E-state index in [4.69, 9.17) is 10.2 Å². The molecule has 0 bridgehead atoms. The fourth-order valence-electron chi connectivity index (χ4n) is 3.39. The van der Waals surface area contributed by atoms with Gasteiger partial charge in [-0.2, -0.15) is 0 Å². The molecule has 3 aromatic carbocycles. The van der Waals surface area contributed by atoms with Gasteiger partial charge in [0.15, 0.2) is 0 Å². The fourth-order valence-corrected chi connectivity index (χ4v) is 3.39. The third-order valence-corrected chi connectivity index (χ3v) is 5.28. The van der Waals surface area contributed by atoms with Crippen molar-refractivity contribution in [2.75, 3.05) is 6.61 Å². The standard InChI is InChI=1S/C26H27NO3/c1-18-11-12-20(16-27-25(17-28)26(29)30)15-23(18)14-13-21-9-6-10-24(19(21)2)22-7-4-3-5-8-22/h3-15,25,27-28H,16-17H2,1-2H3,(H,29,30)/b14-13+. The van der Waals surface area contributed by atoms with E-state index in [2.05, 4.69) is 61.6 Å². The molecular formula is C26H27NO3. The molecule has 4 nitrogen and oxygen atoms in total. The first-order valence-electron chi connectivity index (χ1n) is 9.99. The molecule has 154 valence electrons. The maximum atomic E-state index is 11.1. The molecule has 3 aromatic rings. The second kappa shape index (κ2) is 10.0. The highest BCUT2D eigenvalue weighted by atomic mass is 16.4. The second-order valence-electron chi connectivity index (χ2n) is 7.36. The lowest BCUT2D eigenvalue weighted by Gasteiger charge is -2.12. The number of benzene rings is 3. The van der Waals surface area contributed by atoms with Crippen molar-refractivity contribution >= 4 is 18.1 Å². The summed E-state index contributed by atoms with van der Waals surface area (Å²) in [6.45, 7) is 4.13. The number of hydrogen-bond acceptors (Lipinski definition) is 3. The maximum Gasteiger partial charge on any atom is 0.323 e. The van der Waals surface area contributed by atoms with Gasteiger partial charge >= 0.3 is 5.97 Å². The summed E-state index contributed by atoms with van der Waals surface area (Å²) >= 11 is 0. The number of nitrogens with one attached hydrogen (secondary N) is 1. The third-order valence-electron chi connectivity index (χ3n) is 5.28. The Morgan fingerprint density at radius 1 is 0.967 bits per heavy atom. The van der Waals surface area contributed by atoms with E-state index in [1.807, 2.05) is 36.4 Å². The highest BCUT2D eigenvalue weighted by Crippen LogP contribution is 2.27. The van der Waals surface area contributed by atoms with Crippen LogP contribution in [0.1, 0.15) is 27.8 Å². The Balaban J connectivity index is 1.82. The molecule has 0 aliphatic carbocycles. The molecule has 1 atom stereocenters. The maximum absolute atomic E-state index is 11.1. The van der Waals surface area contributed by atoms with Crippen LogP contribution in [0.5, 0.6) is 0 Å². The molecule has 0 amide bonds. The molecule has 3 rings (SSSR count). The van der Waals surface area contributed by atoms with Crippen molar-refractivity contribution < 1.29 is 15.0 Å². The quantitative estimate of drug-likeness (QED) is 0.480. The molecule has 0 saturated heterocycles. The number of carboxylic acid groups (broad SMARTS) is 1. The molecule has 0 radical (unpaired) electrons. The van der Waals surface area contributed by atoms with Crippen LogP contribution in [0, 0.1) is 13.8 Å². The zero-order chi connectivity index (χ0) is 21.5. The number of hydrogen-bond donors (Lipinski definition) is 3. The molecule has 0 aromatic heterocycles. The van der Waals surface area contributed by atoms with Gasteiger partial charge in [0.1, 0.15) is 6.04 Å². The van der Waals surface area contributed by atoms with Gasteiger partial charge in [-0.3, -0.25) is 10.1 Å². The Labute approximate surface area is 177 Å². The minimum atomic E-state index is -1.06. The molecular weight excluding hydrogens is 374 g/mol. The lowest BCUT2D eigenvalue weighted by Crippen LogP contribution is -2.39. The van der Waals surface area contributed by atoms with E-state index in [1.54, 1.807) is 0 Å². The summed E-state index contributed by atoms with van der Waals surface area (Å²) in [6.07, 6.45) is 4.21. The Morgan fingerprint density at radius 2 is 1.70 bits per heavy atom. The van der Waals surface area contributed by atoms with Gasteiger partial charge in [-0.15, -0.1) is 0 Å². The first kappa shape index (κ1) is 21.5. The number of aliphatic carboxylic acids is 1. The average molecular weight is 402 g/mol. The van der Waals surface area contributed by atoms with Crippen molar-refractivity contribution in [2.24, 2.45) is 0 Å². The van der Waals surface area contributed by atoms with Crippen LogP contribution in [0.15, 0.2) is 66.7 Å². The summed E-state index contributed by atoms with van der Waals surface area (Å²) < 4.78 is 0. The fraction of sp³-hybridized carbons (Fsp3) is 0.192. The number of rotatable bonds is 8. The molecule has 0 aliphatic rings. The topological polar surface area (TPSA) is 69.6 Å². The normalized spacial score (nSPS) is 12.2.